The van der Waals surface area contributed by atoms with Crippen molar-refractivity contribution in [2.75, 3.05) is 6.61 Å². The van der Waals surface area contributed by atoms with Gasteiger partial charge in [-0.05, 0) is 72.7 Å². The van der Waals surface area contributed by atoms with Gasteiger partial charge in [-0.3, -0.25) is 0 Å². The molecule has 0 aliphatic carbocycles. The van der Waals surface area contributed by atoms with E-state index >= 15 is 0 Å². The van der Waals surface area contributed by atoms with Crippen molar-refractivity contribution in [3.05, 3.63) is 95.4 Å². The molecule has 0 spiro atoms. The van der Waals surface area contributed by atoms with Crippen molar-refractivity contribution in [3.63, 3.8) is 0 Å². The molecular weight excluding hydrogens is 368 g/mol. The second kappa shape index (κ2) is 9.16. The molecule has 0 aliphatic heterocycles. The van der Waals surface area contributed by atoms with Crippen molar-refractivity contribution >= 4 is 11.6 Å². The van der Waals surface area contributed by atoms with E-state index < -0.39 is 0 Å². The molecule has 0 heterocycles. The average Bonchev–Trinajstić information content (AvgIpc) is 2.69. The summed E-state index contributed by atoms with van der Waals surface area (Å²) >= 11 is 6.38. The fourth-order valence-corrected chi connectivity index (χ4v) is 3.25. The third kappa shape index (κ3) is 5.30. The number of benzene rings is 3. The van der Waals surface area contributed by atoms with Crippen LogP contribution >= 0.6 is 11.6 Å². The molecule has 28 heavy (non-hydrogen) atoms. The Kier molecular flexibility index (Phi) is 6.64. The monoisotopic (exact) mass is 393 g/mol. The first-order valence-electron chi connectivity index (χ1n) is 9.57. The van der Waals surface area contributed by atoms with Gasteiger partial charge >= 0.3 is 0 Å². The summed E-state index contributed by atoms with van der Waals surface area (Å²) in [5.41, 5.74) is 2.28. The largest absolute Gasteiger partial charge is 0.492 e. The second-order valence-corrected chi connectivity index (χ2v) is 7.77. The van der Waals surface area contributed by atoms with Crippen molar-refractivity contribution in [2.24, 2.45) is 0 Å². The molecule has 3 rings (SSSR count). The molecule has 3 aromatic carbocycles. The molecule has 0 bridgehead atoms. The topological polar surface area (TPSA) is 18.5 Å². The summed E-state index contributed by atoms with van der Waals surface area (Å²) in [6.45, 7) is 7.01. The van der Waals surface area contributed by atoms with Crippen molar-refractivity contribution < 1.29 is 9.47 Å². The van der Waals surface area contributed by atoms with E-state index in [2.05, 4.69) is 38.5 Å². The Balaban J connectivity index is 1.67. The van der Waals surface area contributed by atoms with Gasteiger partial charge in [-0.15, -0.1) is 0 Å². The minimum Gasteiger partial charge on any atom is -0.492 e. The van der Waals surface area contributed by atoms with E-state index in [9.17, 15) is 0 Å². The third-order valence-electron chi connectivity index (χ3n) is 4.70. The fraction of sp³-hybridized carbons (Fsp3) is 0.240. The van der Waals surface area contributed by atoms with Gasteiger partial charge in [-0.1, -0.05) is 61.8 Å². The molecule has 3 heteroatoms. The molecule has 0 atom stereocenters. The molecule has 0 N–H and O–H groups in total. The Morgan fingerprint density at radius 1 is 0.893 bits per heavy atom. The number of halogens is 1. The van der Waals surface area contributed by atoms with Crippen LogP contribution in [0.5, 0.6) is 17.2 Å². The molecule has 0 amide bonds. The first-order chi connectivity index (χ1) is 13.5. The van der Waals surface area contributed by atoms with E-state index in [1.807, 2.05) is 61.5 Å². The van der Waals surface area contributed by atoms with E-state index in [1.54, 1.807) is 0 Å². The molecule has 2 nitrogen and oxygen atoms in total. The molecule has 0 saturated heterocycles. The van der Waals surface area contributed by atoms with Gasteiger partial charge in [-0.25, -0.2) is 0 Å². The Labute approximate surface area is 173 Å². The van der Waals surface area contributed by atoms with Crippen molar-refractivity contribution in [3.8, 4) is 17.2 Å². The van der Waals surface area contributed by atoms with Gasteiger partial charge in [-0.2, -0.15) is 0 Å². The van der Waals surface area contributed by atoms with Crippen LogP contribution in [0, 0.1) is 6.42 Å². The summed E-state index contributed by atoms with van der Waals surface area (Å²) in [6, 6.07) is 24.0. The lowest BCUT2D eigenvalue weighted by atomic mass is 9.79. The highest BCUT2D eigenvalue weighted by Gasteiger charge is 2.22. The predicted molar refractivity (Wildman–Crippen MR) is 117 cm³/mol. The number of rotatable bonds is 8. The highest BCUT2D eigenvalue weighted by molar-refractivity contribution is 6.32. The van der Waals surface area contributed by atoms with E-state index in [-0.39, 0.29) is 5.41 Å². The normalized spacial score (nSPS) is 11.3. The van der Waals surface area contributed by atoms with Crippen LogP contribution in [0.4, 0.5) is 0 Å². The molecule has 3 aromatic rings. The zero-order valence-electron chi connectivity index (χ0n) is 16.6. The van der Waals surface area contributed by atoms with Crippen LogP contribution in [0.1, 0.15) is 38.3 Å². The van der Waals surface area contributed by atoms with Gasteiger partial charge in [0.2, 0.25) is 0 Å². The van der Waals surface area contributed by atoms with Gasteiger partial charge in [0.05, 0.1) is 11.6 Å². The molecule has 0 saturated carbocycles. The minimum absolute atomic E-state index is 0.0509. The van der Waals surface area contributed by atoms with Crippen LogP contribution in [0.15, 0.2) is 72.8 Å². The highest BCUT2D eigenvalue weighted by atomic mass is 35.5. The zero-order valence-corrected chi connectivity index (χ0v) is 17.4. The first kappa shape index (κ1) is 20.3. The van der Waals surface area contributed by atoms with Crippen LogP contribution < -0.4 is 9.47 Å². The maximum absolute atomic E-state index is 6.38. The molecule has 0 aliphatic rings. The standard InChI is InChI=1S/C25H26ClO2/c1-4-27-24-14-13-20(18-23(24)26)25(2,3)16-15-19-9-8-12-22(17-19)28-21-10-6-5-7-11-21/h5-15,17-18H,4,16H2,1-3H3. The van der Waals surface area contributed by atoms with Crippen molar-refractivity contribution in [2.45, 2.75) is 32.6 Å². The summed E-state index contributed by atoms with van der Waals surface area (Å²) in [4.78, 5) is 0. The Hall–Kier alpha value is -2.45. The smallest absolute Gasteiger partial charge is 0.137 e. The Morgan fingerprint density at radius 2 is 1.64 bits per heavy atom. The minimum atomic E-state index is -0.0509. The fourth-order valence-electron chi connectivity index (χ4n) is 3.01. The van der Waals surface area contributed by atoms with Gasteiger partial charge in [0.25, 0.3) is 0 Å². The molecule has 1 radical (unpaired) electrons. The maximum Gasteiger partial charge on any atom is 0.137 e. The molecule has 0 aromatic heterocycles. The average molecular weight is 394 g/mol. The lowest BCUT2D eigenvalue weighted by Crippen LogP contribution is -2.17. The van der Waals surface area contributed by atoms with Gasteiger partial charge in [0, 0.05) is 0 Å². The Morgan fingerprint density at radius 3 is 2.36 bits per heavy atom. The van der Waals surface area contributed by atoms with E-state index in [0.717, 1.165) is 29.2 Å². The number of para-hydroxylation sites is 1. The lowest BCUT2D eigenvalue weighted by Gasteiger charge is -2.26. The molecular formula is C25H26ClO2. The number of ether oxygens (including phenoxy) is 2. The van der Waals surface area contributed by atoms with Gasteiger partial charge < -0.3 is 9.47 Å². The summed E-state index contributed by atoms with van der Waals surface area (Å²) < 4.78 is 11.5. The highest BCUT2D eigenvalue weighted by Crippen LogP contribution is 2.35. The van der Waals surface area contributed by atoms with Crippen LogP contribution in [-0.4, -0.2) is 6.61 Å². The molecule has 145 valence electrons. The van der Waals surface area contributed by atoms with Crippen LogP contribution in [0.3, 0.4) is 0 Å². The summed E-state index contributed by atoms with van der Waals surface area (Å²) in [5, 5.41) is 0.658. The third-order valence-corrected chi connectivity index (χ3v) is 4.99. The van der Waals surface area contributed by atoms with Gasteiger partial charge in [0.15, 0.2) is 0 Å². The van der Waals surface area contributed by atoms with Crippen molar-refractivity contribution in [1.82, 2.24) is 0 Å². The lowest BCUT2D eigenvalue weighted by molar-refractivity contribution is 0.340. The molecule has 0 unspecified atom stereocenters. The first-order valence-corrected chi connectivity index (χ1v) is 9.95. The Bertz CT molecular complexity index is 903. The number of hydrogen-bond acceptors (Lipinski definition) is 2. The van der Waals surface area contributed by atoms with E-state index in [4.69, 9.17) is 21.1 Å². The number of hydrogen-bond donors (Lipinski definition) is 0. The summed E-state index contributed by atoms with van der Waals surface area (Å²) in [6.07, 6.45) is 3.12. The SMILES string of the molecule is CCOc1ccc(C(C)(C)C[CH]c2cccc(Oc3ccccc3)c2)cc1Cl. The second-order valence-electron chi connectivity index (χ2n) is 7.36. The summed E-state index contributed by atoms with van der Waals surface area (Å²) in [5.74, 6) is 2.41. The van der Waals surface area contributed by atoms with Crippen molar-refractivity contribution in [1.29, 1.82) is 0 Å². The van der Waals surface area contributed by atoms with Gasteiger partial charge in [0.1, 0.15) is 17.2 Å². The maximum atomic E-state index is 6.38. The van der Waals surface area contributed by atoms with Crippen LogP contribution in [-0.2, 0) is 5.41 Å². The van der Waals surface area contributed by atoms with Crippen LogP contribution in [0.2, 0.25) is 5.02 Å². The predicted octanol–water partition coefficient (Wildman–Crippen LogP) is 7.45. The zero-order chi connectivity index (χ0) is 20.0. The van der Waals surface area contributed by atoms with Crippen LogP contribution in [0.25, 0.3) is 0 Å². The quantitative estimate of drug-likeness (QED) is 0.395. The summed E-state index contributed by atoms with van der Waals surface area (Å²) in [7, 11) is 0. The van der Waals surface area contributed by atoms with E-state index in [0.29, 0.717) is 11.6 Å². The molecule has 0 fully saturated rings. The van der Waals surface area contributed by atoms with E-state index in [1.165, 1.54) is 5.56 Å².